The quantitative estimate of drug-likeness (QED) is 0.614. The van der Waals surface area contributed by atoms with E-state index in [0.717, 1.165) is 18.7 Å². The number of allylic oxidation sites excluding steroid dienone is 4. The first-order valence-corrected chi connectivity index (χ1v) is 4.63. The van der Waals surface area contributed by atoms with E-state index in [1.807, 2.05) is 0 Å². The van der Waals surface area contributed by atoms with E-state index in [1.54, 1.807) is 0 Å². The monoisotopic (exact) mass is 163 g/mol. The maximum atomic E-state index is 3.99. The summed E-state index contributed by atoms with van der Waals surface area (Å²) in [6.45, 7) is 7.23. The first-order chi connectivity index (χ1) is 5.84. The SMILES string of the molecule is C=C(NCCCC)C1=CC=CC1. The summed E-state index contributed by atoms with van der Waals surface area (Å²) in [5, 5.41) is 3.32. The van der Waals surface area contributed by atoms with Crippen molar-refractivity contribution in [2.24, 2.45) is 0 Å². The fourth-order valence-electron chi connectivity index (χ4n) is 1.20. The van der Waals surface area contributed by atoms with E-state index >= 15 is 0 Å². The van der Waals surface area contributed by atoms with Crippen molar-refractivity contribution >= 4 is 0 Å². The Kier molecular flexibility index (Phi) is 3.65. The van der Waals surface area contributed by atoms with Gasteiger partial charge in [-0.1, -0.05) is 38.2 Å². The highest BCUT2D eigenvalue weighted by Gasteiger charge is 2.02. The van der Waals surface area contributed by atoms with E-state index in [0.29, 0.717) is 0 Å². The molecule has 1 rings (SSSR count). The van der Waals surface area contributed by atoms with Crippen molar-refractivity contribution in [1.29, 1.82) is 0 Å². The summed E-state index contributed by atoms with van der Waals surface area (Å²) in [4.78, 5) is 0. The predicted octanol–water partition coefficient (Wildman–Crippen LogP) is 2.78. The van der Waals surface area contributed by atoms with Gasteiger partial charge < -0.3 is 5.32 Å². The highest BCUT2D eigenvalue weighted by molar-refractivity contribution is 5.36. The van der Waals surface area contributed by atoms with Crippen LogP contribution < -0.4 is 5.32 Å². The molecule has 1 aliphatic rings. The number of unbranched alkanes of at least 4 members (excludes halogenated alkanes) is 1. The fourth-order valence-corrected chi connectivity index (χ4v) is 1.20. The Bertz CT molecular complexity index is 211. The summed E-state index contributed by atoms with van der Waals surface area (Å²) in [6, 6.07) is 0. The van der Waals surface area contributed by atoms with Gasteiger partial charge in [0, 0.05) is 12.2 Å². The lowest BCUT2D eigenvalue weighted by atomic mass is 10.2. The Morgan fingerprint density at radius 3 is 3.08 bits per heavy atom. The molecule has 1 nitrogen and oxygen atoms in total. The van der Waals surface area contributed by atoms with Gasteiger partial charge in [0.1, 0.15) is 0 Å². The minimum atomic E-state index is 1.04. The molecule has 1 heteroatoms. The molecule has 1 N–H and O–H groups in total. The summed E-state index contributed by atoms with van der Waals surface area (Å²) < 4.78 is 0. The van der Waals surface area contributed by atoms with Crippen LogP contribution in [-0.4, -0.2) is 6.54 Å². The van der Waals surface area contributed by atoms with Crippen LogP contribution >= 0.6 is 0 Å². The minimum Gasteiger partial charge on any atom is -0.385 e. The largest absolute Gasteiger partial charge is 0.385 e. The summed E-state index contributed by atoms with van der Waals surface area (Å²) in [5.74, 6) is 0. The normalized spacial score (nSPS) is 14.6. The second kappa shape index (κ2) is 4.81. The molecule has 0 aromatic rings. The Hall–Kier alpha value is -0.980. The van der Waals surface area contributed by atoms with Crippen molar-refractivity contribution in [2.45, 2.75) is 26.2 Å². The average molecular weight is 163 g/mol. The molecule has 0 spiro atoms. The molecule has 1 aliphatic carbocycles. The Balaban J connectivity index is 2.20. The topological polar surface area (TPSA) is 12.0 Å². The highest BCUT2D eigenvalue weighted by Crippen LogP contribution is 2.15. The average Bonchev–Trinajstić information content (AvgIpc) is 2.56. The van der Waals surface area contributed by atoms with Crippen LogP contribution in [0.3, 0.4) is 0 Å². The van der Waals surface area contributed by atoms with E-state index in [4.69, 9.17) is 0 Å². The molecule has 0 radical (unpaired) electrons. The Morgan fingerprint density at radius 1 is 1.67 bits per heavy atom. The van der Waals surface area contributed by atoms with Gasteiger partial charge in [-0.15, -0.1) is 0 Å². The van der Waals surface area contributed by atoms with Gasteiger partial charge in [-0.2, -0.15) is 0 Å². The number of rotatable bonds is 5. The lowest BCUT2D eigenvalue weighted by Crippen LogP contribution is -2.14. The summed E-state index contributed by atoms with van der Waals surface area (Å²) in [6.07, 6.45) is 9.86. The molecule has 0 saturated heterocycles. The van der Waals surface area contributed by atoms with Crippen LogP contribution in [0.25, 0.3) is 0 Å². The smallest absolute Gasteiger partial charge is 0.0302 e. The first-order valence-electron chi connectivity index (χ1n) is 4.63. The van der Waals surface area contributed by atoms with E-state index in [1.165, 1.54) is 18.4 Å². The molecule has 0 aliphatic heterocycles. The molecule has 0 amide bonds. The molecule has 12 heavy (non-hydrogen) atoms. The predicted molar refractivity (Wildman–Crippen MR) is 53.9 cm³/mol. The van der Waals surface area contributed by atoms with Gasteiger partial charge in [0.25, 0.3) is 0 Å². The van der Waals surface area contributed by atoms with E-state index in [9.17, 15) is 0 Å². The molecular weight excluding hydrogens is 146 g/mol. The first kappa shape index (κ1) is 9.11. The van der Waals surface area contributed by atoms with Crippen LogP contribution in [0.2, 0.25) is 0 Å². The van der Waals surface area contributed by atoms with Gasteiger partial charge >= 0.3 is 0 Å². The van der Waals surface area contributed by atoms with Crippen LogP contribution in [0.5, 0.6) is 0 Å². The molecule has 0 fully saturated rings. The third-order valence-electron chi connectivity index (χ3n) is 2.03. The maximum Gasteiger partial charge on any atom is 0.0302 e. The van der Waals surface area contributed by atoms with Crippen LogP contribution in [0.15, 0.2) is 36.1 Å². The van der Waals surface area contributed by atoms with Gasteiger partial charge in [0.2, 0.25) is 0 Å². The standard InChI is InChI=1S/C11H17N/c1-3-4-9-12-10(2)11-7-5-6-8-11/h5-7,12H,2-4,8-9H2,1H3. The summed E-state index contributed by atoms with van der Waals surface area (Å²) >= 11 is 0. The molecule has 0 saturated carbocycles. The highest BCUT2D eigenvalue weighted by atomic mass is 14.9. The van der Waals surface area contributed by atoms with Crippen LogP contribution in [-0.2, 0) is 0 Å². The van der Waals surface area contributed by atoms with E-state index in [-0.39, 0.29) is 0 Å². The van der Waals surface area contributed by atoms with Crippen molar-refractivity contribution in [1.82, 2.24) is 5.32 Å². The van der Waals surface area contributed by atoms with Crippen LogP contribution in [0, 0.1) is 0 Å². The zero-order valence-electron chi connectivity index (χ0n) is 7.77. The van der Waals surface area contributed by atoms with Crippen molar-refractivity contribution in [3.05, 3.63) is 36.1 Å². The van der Waals surface area contributed by atoms with Crippen molar-refractivity contribution in [3.63, 3.8) is 0 Å². The van der Waals surface area contributed by atoms with Crippen LogP contribution in [0.1, 0.15) is 26.2 Å². The maximum absolute atomic E-state index is 3.99. The fraction of sp³-hybridized carbons (Fsp3) is 0.455. The molecule has 0 aromatic heterocycles. The lowest BCUT2D eigenvalue weighted by molar-refractivity contribution is 0.714. The molecule has 0 heterocycles. The molecule has 0 atom stereocenters. The molecule has 0 unspecified atom stereocenters. The third-order valence-corrected chi connectivity index (χ3v) is 2.03. The number of hydrogen-bond donors (Lipinski definition) is 1. The Morgan fingerprint density at radius 2 is 2.50 bits per heavy atom. The third kappa shape index (κ3) is 2.57. The number of nitrogens with one attached hydrogen (secondary N) is 1. The lowest BCUT2D eigenvalue weighted by Gasteiger charge is -2.09. The molecule has 66 valence electrons. The summed E-state index contributed by atoms with van der Waals surface area (Å²) in [7, 11) is 0. The van der Waals surface area contributed by atoms with Gasteiger partial charge in [-0.3, -0.25) is 0 Å². The van der Waals surface area contributed by atoms with Gasteiger partial charge in [0.05, 0.1) is 0 Å². The second-order valence-corrected chi connectivity index (χ2v) is 3.08. The van der Waals surface area contributed by atoms with E-state index in [2.05, 4.69) is 37.0 Å². The van der Waals surface area contributed by atoms with Gasteiger partial charge in [0.15, 0.2) is 0 Å². The molecule has 0 aromatic carbocycles. The minimum absolute atomic E-state index is 1.04. The van der Waals surface area contributed by atoms with Crippen molar-refractivity contribution in [2.75, 3.05) is 6.54 Å². The number of hydrogen-bond acceptors (Lipinski definition) is 1. The van der Waals surface area contributed by atoms with Gasteiger partial charge in [-0.05, 0) is 18.4 Å². The summed E-state index contributed by atoms with van der Waals surface area (Å²) in [5.41, 5.74) is 2.42. The molecule has 0 bridgehead atoms. The zero-order chi connectivity index (χ0) is 8.81. The van der Waals surface area contributed by atoms with Crippen LogP contribution in [0.4, 0.5) is 0 Å². The molecular formula is C11H17N. The Labute approximate surface area is 74.9 Å². The zero-order valence-corrected chi connectivity index (χ0v) is 7.77. The van der Waals surface area contributed by atoms with Crippen molar-refractivity contribution in [3.8, 4) is 0 Å². The van der Waals surface area contributed by atoms with Crippen molar-refractivity contribution < 1.29 is 0 Å². The van der Waals surface area contributed by atoms with E-state index < -0.39 is 0 Å². The second-order valence-electron chi connectivity index (χ2n) is 3.08. The van der Waals surface area contributed by atoms with Gasteiger partial charge in [-0.25, -0.2) is 0 Å².